The Morgan fingerprint density at radius 3 is 1.96 bits per heavy atom. The Balaban J connectivity index is 1.14. The van der Waals surface area contributed by atoms with E-state index in [1.54, 1.807) is 0 Å². The van der Waals surface area contributed by atoms with Crippen LogP contribution in [0.2, 0.25) is 0 Å². The van der Waals surface area contributed by atoms with E-state index < -0.39 is 6.17 Å². The smallest absolute Gasteiger partial charge is 0.159 e. The first-order valence-electron chi connectivity index (χ1n) is 19.0. The Kier molecular flexibility index (Phi) is 6.63. The number of hydrogen-bond acceptors (Lipinski definition) is 4. The second kappa shape index (κ2) is 12.0. The van der Waals surface area contributed by atoms with Crippen LogP contribution in [0, 0.1) is 0 Å². The Bertz CT molecular complexity index is 3460. The number of rotatable bonds is 4. The number of amidine groups is 2. The minimum atomic E-state index is -0.401. The molecule has 0 bridgehead atoms. The quantitative estimate of drug-likeness (QED) is 0.184. The van der Waals surface area contributed by atoms with Crippen molar-refractivity contribution in [2.24, 2.45) is 9.98 Å². The molecule has 0 radical (unpaired) electrons. The minimum Gasteiger partial charge on any atom is -0.456 e. The van der Waals surface area contributed by atoms with Crippen molar-refractivity contribution in [3.05, 3.63) is 199 Å². The molecule has 11 aromatic rings. The fraction of sp³-hybridized carbons (Fsp3) is 0.0196. The fourth-order valence-electron chi connectivity index (χ4n) is 8.84. The van der Waals surface area contributed by atoms with Gasteiger partial charge in [-0.3, -0.25) is 0 Å². The maximum absolute atomic E-state index is 6.72. The van der Waals surface area contributed by atoms with Crippen molar-refractivity contribution in [1.29, 1.82) is 0 Å². The van der Waals surface area contributed by atoms with E-state index in [1.807, 2.05) is 24.3 Å². The first kappa shape index (κ1) is 30.9. The number of nitrogens with zero attached hydrogens (tertiary/aromatic N) is 3. The molecular weight excluding hydrogens is 685 g/mol. The highest BCUT2D eigenvalue weighted by molar-refractivity contribution is 6.20. The normalized spacial score (nSPS) is 14.6. The lowest BCUT2D eigenvalue weighted by molar-refractivity contribution is 0.667. The summed E-state index contributed by atoms with van der Waals surface area (Å²) in [4.78, 5) is 10.6. The monoisotopic (exact) mass is 716 g/mol. The van der Waals surface area contributed by atoms with E-state index in [4.69, 9.17) is 14.4 Å². The molecule has 2 aromatic heterocycles. The van der Waals surface area contributed by atoms with Crippen molar-refractivity contribution < 1.29 is 4.42 Å². The van der Waals surface area contributed by atoms with Gasteiger partial charge < -0.3 is 14.3 Å². The molecule has 262 valence electrons. The highest BCUT2D eigenvalue weighted by Gasteiger charge is 2.26. The number of aromatic nitrogens is 1. The number of benzene rings is 9. The number of furan rings is 1. The standard InChI is InChI=1S/C51H32N4O/c1-2-14-31(15-3-1)49-52-50(54-51(53-49)42-27-34-18-6-7-19-36(34)37-20-8-9-21-38(37)42)35-29-45(48-40-23-11-13-25-46(40)56-47(48)30-35)55-43-24-12-10-22-39(43)41-26-32-16-4-5-17-33(32)28-44(41)55/h1-30,51H,(H,52,53,54). The molecule has 5 heteroatoms. The average Bonchev–Trinajstić information content (AvgIpc) is 3.80. The highest BCUT2D eigenvalue weighted by atomic mass is 16.3. The first-order valence-corrected chi connectivity index (χ1v) is 19.0. The van der Waals surface area contributed by atoms with Gasteiger partial charge in [0.25, 0.3) is 0 Å². The van der Waals surface area contributed by atoms with Gasteiger partial charge in [0, 0.05) is 32.8 Å². The molecular formula is C51H32N4O. The van der Waals surface area contributed by atoms with Gasteiger partial charge in [-0.1, -0.05) is 140 Å². The third kappa shape index (κ3) is 4.67. The number of para-hydroxylation sites is 2. The van der Waals surface area contributed by atoms with Gasteiger partial charge in [0.05, 0.1) is 22.1 Å². The van der Waals surface area contributed by atoms with Crippen LogP contribution in [0.4, 0.5) is 0 Å². The number of aliphatic imine (C=N–C) groups is 2. The van der Waals surface area contributed by atoms with Gasteiger partial charge in [0.1, 0.15) is 23.2 Å². The van der Waals surface area contributed by atoms with Crippen LogP contribution in [0.1, 0.15) is 22.9 Å². The Hall–Kier alpha value is -7.50. The van der Waals surface area contributed by atoms with Crippen molar-refractivity contribution in [3.8, 4) is 5.69 Å². The van der Waals surface area contributed by atoms with Gasteiger partial charge in [0.2, 0.25) is 0 Å². The van der Waals surface area contributed by atoms with Crippen molar-refractivity contribution in [3.63, 3.8) is 0 Å². The van der Waals surface area contributed by atoms with Crippen molar-refractivity contribution in [1.82, 2.24) is 9.88 Å². The molecule has 1 aliphatic rings. The Morgan fingerprint density at radius 1 is 0.464 bits per heavy atom. The minimum absolute atomic E-state index is 0.401. The van der Waals surface area contributed by atoms with E-state index in [-0.39, 0.29) is 0 Å². The van der Waals surface area contributed by atoms with Gasteiger partial charge in [-0.25, -0.2) is 9.98 Å². The molecule has 12 rings (SSSR count). The molecule has 0 spiro atoms. The number of fused-ring (bicyclic) bond motifs is 10. The Morgan fingerprint density at radius 2 is 1.12 bits per heavy atom. The van der Waals surface area contributed by atoms with Crippen LogP contribution in [0.5, 0.6) is 0 Å². The van der Waals surface area contributed by atoms with Crippen molar-refractivity contribution >= 4 is 87.7 Å². The van der Waals surface area contributed by atoms with E-state index in [0.29, 0.717) is 5.84 Å². The highest BCUT2D eigenvalue weighted by Crippen LogP contribution is 2.41. The van der Waals surface area contributed by atoms with E-state index in [0.717, 1.165) is 66.6 Å². The van der Waals surface area contributed by atoms with Crippen molar-refractivity contribution in [2.45, 2.75) is 6.17 Å². The number of nitrogens with one attached hydrogen (secondary N) is 1. The molecule has 0 fully saturated rings. The van der Waals surface area contributed by atoms with Crippen LogP contribution in [0.25, 0.3) is 81.7 Å². The summed E-state index contributed by atoms with van der Waals surface area (Å²) >= 11 is 0. The summed E-state index contributed by atoms with van der Waals surface area (Å²) in [7, 11) is 0. The summed E-state index contributed by atoms with van der Waals surface area (Å²) in [5.74, 6) is 1.41. The van der Waals surface area contributed by atoms with Gasteiger partial charge in [-0.05, 0) is 74.8 Å². The second-order valence-corrected chi connectivity index (χ2v) is 14.6. The molecule has 9 aromatic carbocycles. The van der Waals surface area contributed by atoms with Crippen molar-refractivity contribution in [2.75, 3.05) is 0 Å². The van der Waals surface area contributed by atoms with E-state index in [2.05, 4.69) is 168 Å². The first-order chi connectivity index (χ1) is 27.7. The van der Waals surface area contributed by atoms with E-state index in [9.17, 15) is 0 Å². The molecule has 1 aliphatic heterocycles. The predicted octanol–water partition coefficient (Wildman–Crippen LogP) is 12.6. The molecule has 0 saturated carbocycles. The fourth-order valence-corrected chi connectivity index (χ4v) is 8.84. The zero-order valence-electron chi connectivity index (χ0n) is 30.1. The van der Waals surface area contributed by atoms with E-state index in [1.165, 1.54) is 37.7 Å². The lowest BCUT2D eigenvalue weighted by Crippen LogP contribution is -2.33. The molecule has 3 heterocycles. The molecule has 5 nitrogen and oxygen atoms in total. The van der Waals surface area contributed by atoms with Crippen LogP contribution >= 0.6 is 0 Å². The summed E-state index contributed by atoms with van der Waals surface area (Å²) in [6.45, 7) is 0. The van der Waals surface area contributed by atoms with Gasteiger partial charge in [0.15, 0.2) is 5.84 Å². The Labute approximate surface area is 321 Å². The molecule has 56 heavy (non-hydrogen) atoms. The lowest BCUT2D eigenvalue weighted by atomic mass is 9.95. The van der Waals surface area contributed by atoms with Crippen LogP contribution in [0.15, 0.2) is 196 Å². The van der Waals surface area contributed by atoms with Crippen LogP contribution < -0.4 is 5.32 Å². The van der Waals surface area contributed by atoms with Crippen LogP contribution in [-0.2, 0) is 0 Å². The molecule has 1 unspecified atom stereocenters. The maximum Gasteiger partial charge on any atom is 0.159 e. The third-order valence-corrected chi connectivity index (χ3v) is 11.4. The molecule has 1 N–H and O–H groups in total. The van der Waals surface area contributed by atoms with Crippen LogP contribution in [0.3, 0.4) is 0 Å². The molecule has 1 atom stereocenters. The van der Waals surface area contributed by atoms with Gasteiger partial charge in [-0.2, -0.15) is 0 Å². The van der Waals surface area contributed by atoms with Gasteiger partial charge >= 0.3 is 0 Å². The largest absolute Gasteiger partial charge is 0.456 e. The predicted molar refractivity (Wildman–Crippen MR) is 232 cm³/mol. The topological polar surface area (TPSA) is 54.8 Å². The van der Waals surface area contributed by atoms with E-state index >= 15 is 0 Å². The summed E-state index contributed by atoms with van der Waals surface area (Å²) in [5, 5.41) is 15.5. The molecule has 0 saturated heterocycles. The third-order valence-electron chi connectivity index (χ3n) is 11.4. The van der Waals surface area contributed by atoms with Crippen LogP contribution in [-0.4, -0.2) is 16.2 Å². The maximum atomic E-state index is 6.72. The summed E-state index contributed by atoms with van der Waals surface area (Å²) in [6, 6.07) is 64.5. The average molecular weight is 717 g/mol. The zero-order valence-corrected chi connectivity index (χ0v) is 30.1. The summed E-state index contributed by atoms with van der Waals surface area (Å²) in [6.07, 6.45) is -0.401. The summed E-state index contributed by atoms with van der Waals surface area (Å²) < 4.78 is 9.13. The van der Waals surface area contributed by atoms with Gasteiger partial charge in [-0.15, -0.1) is 0 Å². The molecule has 0 aliphatic carbocycles. The zero-order chi connectivity index (χ0) is 36.7. The second-order valence-electron chi connectivity index (χ2n) is 14.6. The lowest BCUT2D eigenvalue weighted by Gasteiger charge is -2.25. The number of hydrogen-bond donors (Lipinski definition) is 1. The molecule has 0 amide bonds. The summed E-state index contributed by atoms with van der Waals surface area (Å²) in [5.41, 5.74) is 7.91. The SMILES string of the molecule is c1ccc(C2=NC(c3cc4ccccc4c4ccccc34)NC(c3cc(-n4c5ccccc5c5cc6ccccc6cc54)c4c(c3)oc3ccccc34)=N2)cc1.